The van der Waals surface area contributed by atoms with E-state index < -0.39 is 0 Å². The van der Waals surface area contributed by atoms with E-state index in [1.807, 2.05) is 6.20 Å². The summed E-state index contributed by atoms with van der Waals surface area (Å²) >= 11 is 1.79. The van der Waals surface area contributed by atoms with E-state index in [0.29, 0.717) is 12.5 Å². The summed E-state index contributed by atoms with van der Waals surface area (Å²) in [6, 6.07) is 0. The second-order valence-electron chi connectivity index (χ2n) is 5.54. The minimum atomic E-state index is 0.696. The van der Waals surface area contributed by atoms with Crippen LogP contribution in [0.15, 0.2) is 11.2 Å². The van der Waals surface area contributed by atoms with Crippen molar-refractivity contribution >= 4 is 17.3 Å². The lowest BCUT2D eigenvalue weighted by Gasteiger charge is -2.12. The molecule has 0 spiro atoms. The van der Waals surface area contributed by atoms with Gasteiger partial charge in [-0.1, -0.05) is 20.8 Å². The van der Waals surface area contributed by atoms with Crippen molar-refractivity contribution in [1.82, 2.24) is 15.6 Å². The van der Waals surface area contributed by atoms with E-state index >= 15 is 0 Å². The second kappa shape index (κ2) is 11.4. The van der Waals surface area contributed by atoms with Gasteiger partial charge in [0.2, 0.25) is 0 Å². The van der Waals surface area contributed by atoms with Crippen LogP contribution in [0.4, 0.5) is 0 Å². The smallest absolute Gasteiger partial charge is 0.191 e. The van der Waals surface area contributed by atoms with E-state index in [9.17, 15) is 0 Å². The molecule has 0 saturated heterocycles. The highest BCUT2D eigenvalue weighted by molar-refractivity contribution is 7.11. The summed E-state index contributed by atoms with van der Waals surface area (Å²) in [5.74, 6) is 1.52. The topological polar surface area (TPSA) is 58.5 Å². The molecule has 0 aliphatic heterocycles. The lowest BCUT2D eigenvalue weighted by atomic mass is 10.1. The Bertz CT molecular complexity index is 432. The minimum absolute atomic E-state index is 0.696. The predicted octanol–water partition coefficient (Wildman–Crippen LogP) is 2.48. The number of rotatable bonds is 10. The molecule has 2 N–H and O–H groups in total. The Labute approximate surface area is 138 Å². The van der Waals surface area contributed by atoms with Crippen LogP contribution in [0.1, 0.15) is 37.1 Å². The first-order valence-corrected chi connectivity index (χ1v) is 8.93. The summed E-state index contributed by atoms with van der Waals surface area (Å²) in [4.78, 5) is 9.97. The third kappa shape index (κ3) is 8.34. The average molecular weight is 327 g/mol. The summed E-state index contributed by atoms with van der Waals surface area (Å²) in [5.41, 5.74) is 0. The zero-order valence-corrected chi connectivity index (χ0v) is 15.1. The second-order valence-corrected chi connectivity index (χ2v) is 6.74. The molecule has 0 amide bonds. The fourth-order valence-electron chi connectivity index (χ4n) is 1.80. The summed E-state index contributed by atoms with van der Waals surface area (Å²) in [6.45, 7) is 9.72. The van der Waals surface area contributed by atoms with Crippen molar-refractivity contribution in [2.24, 2.45) is 10.9 Å². The number of aliphatic imine (C=N–C) groups is 1. The molecule has 1 heterocycles. The lowest BCUT2D eigenvalue weighted by molar-refractivity contribution is 0.128. The van der Waals surface area contributed by atoms with Crippen LogP contribution in [0.25, 0.3) is 0 Å². The number of aromatic nitrogens is 1. The number of hydrogen-bond acceptors (Lipinski definition) is 4. The molecular formula is C16H30N4OS. The van der Waals surface area contributed by atoms with Crippen LogP contribution in [0, 0.1) is 5.92 Å². The lowest BCUT2D eigenvalue weighted by Crippen LogP contribution is -2.39. The minimum Gasteiger partial charge on any atom is -0.380 e. The van der Waals surface area contributed by atoms with Gasteiger partial charge in [0.25, 0.3) is 0 Å². The number of guanidine groups is 1. The van der Waals surface area contributed by atoms with E-state index in [1.165, 1.54) is 9.88 Å². The van der Waals surface area contributed by atoms with E-state index in [1.54, 1.807) is 18.4 Å². The predicted molar refractivity (Wildman–Crippen MR) is 94.8 cm³/mol. The van der Waals surface area contributed by atoms with Crippen molar-refractivity contribution in [2.45, 2.75) is 40.0 Å². The maximum atomic E-state index is 5.57. The van der Waals surface area contributed by atoms with Crippen molar-refractivity contribution in [3.63, 3.8) is 0 Å². The van der Waals surface area contributed by atoms with Gasteiger partial charge in [-0.25, -0.2) is 4.98 Å². The van der Waals surface area contributed by atoms with Gasteiger partial charge in [-0.3, -0.25) is 4.99 Å². The fraction of sp³-hybridized carbons (Fsp3) is 0.750. The van der Waals surface area contributed by atoms with Gasteiger partial charge in [-0.05, 0) is 18.8 Å². The molecule has 6 heteroatoms. The molecule has 126 valence electrons. The molecule has 0 atom stereocenters. The van der Waals surface area contributed by atoms with Crippen LogP contribution < -0.4 is 10.6 Å². The van der Waals surface area contributed by atoms with Crippen molar-refractivity contribution in [3.8, 4) is 0 Å². The van der Waals surface area contributed by atoms with Gasteiger partial charge in [0.15, 0.2) is 5.96 Å². The zero-order valence-electron chi connectivity index (χ0n) is 14.3. The van der Waals surface area contributed by atoms with E-state index in [2.05, 4.69) is 41.4 Å². The number of aryl methyl sites for hydroxylation is 1. The summed E-state index contributed by atoms with van der Waals surface area (Å²) < 4.78 is 5.57. The van der Waals surface area contributed by atoms with Crippen LogP contribution in [-0.2, 0) is 17.6 Å². The summed E-state index contributed by atoms with van der Waals surface area (Å²) in [7, 11) is 1.79. The molecule has 1 aromatic rings. The first kappa shape index (κ1) is 18.9. The Morgan fingerprint density at radius 3 is 2.73 bits per heavy atom. The molecule has 0 fully saturated rings. The number of thiazole rings is 1. The fourth-order valence-corrected chi connectivity index (χ4v) is 2.66. The average Bonchev–Trinajstić information content (AvgIpc) is 2.96. The number of ether oxygens (including phenoxy) is 1. The Balaban J connectivity index is 2.09. The highest BCUT2D eigenvalue weighted by atomic mass is 32.1. The largest absolute Gasteiger partial charge is 0.380 e. The molecule has 5 nitrogen and oxygen atoms in total. The van der Waals surface area contributed by atoms with Gasteiger partial charge >= 0.3 is 0 Å². The Kier molecular flexibility index (Phi) is 9.82. The molecule has 0 bridgehead atoms. The number of hydrogen-bond donors (Lipinski definition) is 2. The van der Waals surface area contributed by atoms with E-state index in [-0.39, 0.29) is 0 Å². The van der Waals surface area contributed by atoms with Crippen LogP contribution in [0.5, 0.6) is 0 Å². The normalized spacial score (nSPS) is 12.0. The maximum Gasteiger partial charge on any atom is 0.191 e. The summed E-state index contributed by atoms with van der Waals surface area (Å²) in [5, 5.41) is 7.74. The Hall–Kier alpha value is -1.14. The Morgan fingerprint density at radius 2 is 2.09 bits per heavy atom. The third-order valence-electron chi connectivity index (χ3n) is 3.18. The molecule has 0 radical (unpaired) electrons. The van der Waals surface area contributed by atoms with Crippen molar-refractivity contribution in [2.75, 3.05) is 33.4 Å². The van der Waals surface area contributed by atoms with Gasteiger partial charge in [-0.2, -0.15) is 0 Å². The highest BCUT2D eigenvalue weighted by Crippen LogP contribution is 2.13. The molecule has 22 heavy (non-hydrogen) atoms. The quantitative estimate of drug-likeness (QED) is 0.394. The van der Waals surface area contributed by atoms with Crippen LogP contribution >= 0.6 is 11.3 Å². The van der Waals surface area contributed by atoms with E-state index in [4.69, 9.17) is 4.74 Å². The maximum absolute atomic E-state index is 5.57. The molecule has 1 rings (SSSR count). The van der Waals surface area contributed by atoms with Crippen LogP contribution in [-0.4, -0.2) is 44.3 Å². The molecule has 0 aliphatic carbocycles. The molecular weight excluding hydrogens is 296 g/mol. The molecule has 0 saturated carbocycles. The molecule has 0 aromatic carbocycles. The van der Waals surface area contributed by atoms with Crippen molar-refractivity contribution in [1.29, 1.82) is 0 Å². The monoisotopic (exact) mass is 326 g/mol. The van der Waals surface area contributed by atoms with Crippen LogP contribution in [0.3, 0.4) is 0 Å². The van der Waals surface area contributed by atoms with Crippen molar-refractivity contribution in [3.05, 3.63) is 16.1 Å². The van der Waals surface area contributed by atoms with Gasteiger partial charge in [0, 0.05) is 44.2 Å². The number of nitrogens with one attached hydrogen (secondary N) is 2. The molecule has 0 aliphatic rings. The molecule has 1 aromatic heterocycles. The molecule has 0 unspecified atom stereocenters. The Morgan fingerprint density at radius 1 is 1.32 bits per heavy atom. The standard InChI is InChI=1S/C16H30N4OS/c1-5-14-12-20-15(22-14)6-8-18-16(17-4)19-9-11-21-10-7-13(2)3/h12-13H,5-11H2,1-4H3,(H2,17,18,19). The van der Waals surface area contributed by atoms with Gasteiger partial charge in [-0.15, -0.1) is 11.3 Å². The first-order valence-electron chi connectivity index (χ1n) is 8.11. The van der Waals surface area contributed by atoms with Crippen molar-refractivity contribution < 1.29 is 4.74 Å². The van der Waals surface area contributed by atoms with Crippen LogP contribution in [0.2, 0.25) is 0 Å². The van der Waals surface area contributed by atoms with Gasteiger partial charge in [0.05, 0.1) is 11.6 Å². The van der Waals surface area contributed by atoms with E-state index in [0.717, 1.165) is 44.9 Å². The van der Waals surface area contributed by atoms with Gasteiger partial charge < -0.3 is 15.4 Å². The SMILES string of the molecule is CCc1cnc(CCNC(=NC)NCCOCCC(C)C)s1. The van der Waals surface area contributed by atoms with Gasteiger partial charge in [0.1, 0.15) is 0 Å². The summed E-state index contributed by atoms with van der Waals surface area (Å²) in [6.07, 6.45) is 5.07. The zero-order chi connectivity index (χ0) is 16.2. The third-order valence-corrected chi connectivity index (χ3v) is 4.38. The number of nitrogens with zero attached hydrogens (tertiary/aromatic N) is 2. The first-order chi connectivity index (χ1) is 10.7. The highest BCUT2D eigenvalue weighted by Gasteiger charge is 2.02.